The molecular formula is C18H19F3N6O. The molecule has 2 aromatic heterocycles. The van der Waals surface area contributed by atoms with Crippen LogP contribution in [0.15, 0.2) is 35.0 Å². The van der Waals surface area contributed by atoms with Gasteiger partial charge >= 0.3 is 6.18 Å². The summed E-state index contributed by atoms with van der Waals surface area (Å²) in [5.41, 5.74) is -0.158. The van der Waals surface area contributed by atoms with Gasteiger partial charge in [-0.1, -0.05) is 23.4 Å². The number of para-hydroxylation sites is 1. The number of aromatic nitrogens is 4. The average molecular weight is 392 g/mol. The van der Waals surface area contributed by atoms with Gasteiger partial charge in [-0.15, -0.1) is 0 Å². The molecule has 148 valence electrons. The highest BCUT2D eigenvalue weighted by Crippen LogP contribution is 2.38. The van der Waals surface area contributed by atoms with Gasteiger partial charge in [0.2, 0.25) is 0 Å². The molecule has 0 saturated carbocycles. The minimum Gasteiger partial charge on any atom is -0.334 e. The molecule has 0 amide bonds. The van der Waals surface area contributed by atoms with Crippen LogP contribution in [0.2, 0.25) is 0 Å². The summed E-state index contributed by atoms with van der Waals surface area (Å²) < 4.78 is 47.8. The minimum atomic E-state index is -4.65. The number of nitrogens with one attached hydrogen (secondary N) is 1. The van der Waals surface area contributed by atoms with Crippen LogP contribution in [0.4, 0.5) is 13.2 Å². The highest BCUT2D eigenvalue weighted by atomic mass is 19.4. The average Bonchev–Trinajstić information content (AvgIpc) is 3.29. The molecule has 1 unspecified atom stereocenters. The molecule has 10 heteroatoms. The van der Waals surface area contributed by atoms with E-state index in [4.69, 9.17) is 4.52 Å². The van der Waals surface area contributed by atoms with Gasteiger partial charge in [0.25, 0.3) is 5.89 Å². The fraction of sp³-hybridized carbons (Fsp3) is 0.389. The summed E-state index contributed by atoms with van der Waals surface area (Å²) in [6.45, 7) is 3.95. The van der Waals surface area contributed by atoms with Crippen LogP contribution in [0.3, 0.4) is 0 Å². The zero-order valence-electron chi connectivity index (χ0n) is 15.4. The Kier molecular flexibility index (Phi) is 4.68. The molecule has 1 aromatic carbocycles. The van der Waals surface area contributed by atoms with Gasteiger partial charge in [-0.3, -0.25) is 4.90 Å². The number of halogens is 3. The van der Waals surface area contributed by atoms with Gasteiger partial charge in [0, 0.05) is 19.6 Å². The van der Waals surface area contributed by atoms with Gasteiger partial charge in [0.1, 0.15) is 0 Å². The third kappa shape index (κ3) is 3.29. The van der Waals surface area contributed by atoms with Crippen molar-refractivity contribution in [2.45, 2.75) is 19.1 Å². The maximum Gasteiger partial charge on any atom is 0.434 e. The number of likely N-dealkylation sites (N-methyl/N-ethyl adjacent to an activating group) is 1. The molecule has 1 atom stereocenters. The monoisotopic (exact) mass is 392 g/mol. The Morgan fingerprint density at radius 3 is 2.75 bits per heavy atom. The summed E-state index contributed by atoms with van der Waals surface area (Å²) in [6.07, 6.45) is -3.53. The van der Waals surface area contributed by atoms with Crippen molar-refractivity contribution >= 4 is 0 Å². The summed E-state index contributed by atoms with van der Waals surface area (Å²) in [6, 6.07) is 6.58. The Morgan fingerprint density at radius 2 is 2.04 bits per heavy atom. The maximum atomic E-state index is 13.9. The topological polar surface area (TPSA) is 72.0 Å². The number of benzene rings is 1. The van der Waals surface area contributed by atoms with Gasteiger partial charge in [-0.25, -0.2) is 4.68 Å². The van der Waals surface area contributed by atoms with E-state index in [9.17, 15) is 13.2 Å². The SMILES string of the molecule is Cc1ccccc1-n1ncc(-c2nc(C3CNCCN3C)no2)c1C(F)(F)F. The van der Waals surface area contributed by atoms with Gasteiger partial charge in [-0.2, -0.15) is 23.3 Å². The van der Waals surface area contributed by atoms with Crippen LogP contribution in [0.25, 0.3) is 17.1 Å². The second kappa shape index (κ2) is 7.02. The number of aryl methyl sites for hydroxylation is 1. The molecule has 3 aromatic rings. The zero-order valence-corrected chi connectivity index (χ0v) is 15.4. The van der Waals surface area contributed by atoms with Crippen LogP contribution < -0.4 is 5.32 Å². The first-order valence-corrected chi connectivity index (χ1v) is 8.82. The van der Waals surface area contributed by atoms with Crippen molar-refractivity contribution in [2.24, 2.45) is 0 Å². The van der Waals surface area contributed by atoms with E-state index in [1.54, 1.807) is 31.2 Å². The normalized spacial score (nSPS) is 18.5. The lowest BCUT2D eigenvalue weighted by Crippen LogP contribution is -2.44. The van der Waals surface area contributed by atoms with Crippen molar-refractivity contribution in [3.8, 4) is 17.1 Å². The lowest BCUT2D eigenvalue weighted by molar-refractivity contribution is -0.142. The summed E-state index contributed by atoms with van der Waals surface area (Å²) in [5, 5.41) is 11.1. The van der Waals surface area contributed by atoms with Crippen molar-refractivity contribution in [3.05, 3.63) is 47.5 Å². The molecule has 1 aliphatic heterocycles. The molecule has 3 heterocycles. The van der Waals surface area contributed by atoms with Crippen LogP contribution in [0.1, 0.15) is 23.1 Å². The van der Waals surface area contributed by atoms with Crippen molar-refractivity contribution in [2.75, 3.05) is 26.7 Å². The Bertz CT molecular complexity index is 980. The van der Waals surface area contributed by atoms with Gasteiger partial charge in [0.05, 0.1) is 23.5 Å². The first kappa shape index (κ1) is 18.6. The van der Waals surface area contributed by atoms with Crippen molar-refractivity contribution < 1.29 is 17.7 Å². The number of alkyl halides is 3. The largest absolute Gasteiger partial charge is 0.434 e. The summed E-state index contributed by atoms with van der Waals surface area (Å²) in [5.74, 6) is 0.155. The second-order valence-corrected chi connectivity index (χ2v) is 6.76. The summed E-state index contributed by atoms with van der Waals surface area (Å²) in [4.78, 5) is 6.28. The fourth-order valence-electron chi connectivity index (χ4n) is 3.34. The Hall–Kier alpha value is -2.72. The minimum absolute atomic E-state index is 0.160. The highest BCUT2D eigenvalue weighted by molar-refractivity contribution is 5.59. The molecule has 0 radical (unpaired) electrons. The van der Waals surface area contributed by atoms with E-state index in [0.717, 1.165) is 24.0 Å². The molecule has 4 rings (SSSR count). The van der Waals surface area contributed by atoms with Crippen molar-refractivity contribution in [1.29, 1.82) is 0 Å². The van der Waals surface area contributed by atoms with Gasteiger partial charge in [0.15, 0.2) is 11.5 Å². The Morgan fingerprint density at radius 1 is 1.25 bits per heavy atom. The standard InChI is InChI=1S/C18H19F3N6O/c1-11-5-3-4-6-13(11)27-15(18(19,20)21)12(9-23-27)17-24-16(25-28-17)14-10-22-7-8-26(14)2/h3-6,9,14,22H,7-8,10H2,1-2H3. The molecule has 1 N–H and O–H groups in total. The Labute approximate surface area is 159 Å². The van der Waals surface area contributed by atoms with Gasteiger partial charge < -0.3 is 9.84 Å². The number of nitrogens with zero attached hydrogens (tertiary/aromatic N) is 5. The quantitative estimate of drug-likeness (QED) is 0.739. The van der Waals surface area contributed by atoms with Crippen LogP contribution >= 0.6 is 0 Å². The zero-order chi connectivity index (χ0) is 19.9. The number of hydrogen-bond donors (Lipinski definition) is 1. The first-order chi connectivity index (χ1) is 13.4. The van der Waals surface area contributed by atoms with Crippen LogP contribution in [-0.4, -0.2) is 51.5 Å². The third-order valence-electron chi connectivity index (χ3n) is 4.86. The fourth-order valence-corrected chi connectivity index (χ4v) is 3.34. The third-order valence-corrected chi connectivity index (χ3v) is 4.86. The molecular weight excluding hydrogens is 373 g/mol. The molecule has 0 bridgehead atoms. The van der Waals surface area contributed by atoms with Crippen molar-refractivity contribution in [1.82, 2.24) is 30.1 Å². The predicted octanol–water partition coefficient (Wildman–Crippen LogP) is 2.83. The lowest BCUT2D eigenvalue weighted by Gasteiger charge is -2.30. The molecule has 1 saturated heterocycles. The van der Waals surface area contributed by atoms with Crippen LogP contribution in [-0.2, 0) is 6.18 Å². The molecule has 0 spiro atoms. The van der Waals surface area contributed by atoms with E-state index >= 15 is 0 Å². The van der Waals surface area contributed by atoms with E-state index in [-0.39, 0.29) is 17.5 Å². The molecule has 7 nitrogen and oxygen atoms in total. The number of piperazine rings is 1. The maximum absolute atomic E-state index is 13.9. The number of hydrogen-bond acceptors (Lipinski definition) is 6. The second-order valence-electron chi connectivity index (χ2n) is 6.76. The smallest absolute Gasteiger partial charge is 0.334 e. The van der Waals surface area contributed by atoms with E-state index in [1.165, 1.54) is 0 Å². The molecule has 1 aliphatic rings. The van der Waals surface area contributed by atoms with E-state index < -0.39 is 11.9 Å². The highest BCUT2D eigenvalue weighted by Gasteiger charge is 2.41. The van der Waals surface area contributed by atoms with Crippen LogP contribution in [0.5, 0.6) is 0 Å². The molecule has 28 heavy (non-hydrogen) atoms. The Balaban J connectivity index is 1.78. The lowest BCUT2D eigenvalue weighted by atomic mass is 10.1. The summed E-state index contributed by atoms with van der Waals surface area (Å²) >= 11 is 0. The van der Waals surface area contributed by atoms with E-state index in [1.807, 2.05) is 11.9 Å². The molecule has 1 fully saturated rings. The number of rotatable bonds is 3. The van der Waals surface area contributed by atoms with E-state index in [0.29, 0.717) is 23.6 Å². The predicted molar refractivity (Wildman–Crippen MR) is 94.8 cm³/mol. The van der Waals surface area contributed by atoms with E-state index in [2.05, 4.69) is 20.6 Å². The first-order valence-electron chi connectivity index (χ1n) is 8.82. The molecule has 0 aliphatic carbocycles. The summed E-state index contributed by atoms with van der Waals surface area (Å²) in [7, 11) is 1.92. The van der Waals surface area contributed by atoms with Crippen molar-refractivity contribution in [3.63, 3.8) is 0 Å². The van der Waals surface area contributed by atoms with Crippen LogP contribution in [0, 0.1) is 6.92 Å². The van der Waals surface area contributed by atoms with Gasteiger partial charge in [-0.05, 0) is 25.6 Å².